The first-order valence-electron chi connectivity index (χ1n) is 10.6. The average Bonchev–Trinajstić information content (AvgIpc) is 2.73. The third kappa shape index (κ3) is 5.55. The zero-order chi connectivity index (χ0) is 19.8. The normalized spacial score (nSPS) is 11.0. The van der Waals surface area contributed by atoms with Crippen molar-refractivity contribution in [3.8, 4) is 11.1 Å². The maximum absolute atomic E-state index is 14.6. The fourth-order valence-corrected chi connectivity index (χ4v) is 3.61. The standard InChI is InChI=1S/C27H31F/c1-3-5-6-7-22-8-10-23(11-9-22)12-13-24-16-19-26(27(28)20-24)25-17-14-21(4-2)15-18-25/h8-11,14-20H,3-7,12-13H2,1-2H3. The molecule has 3 aromatic carbocycles. The molecule has 0 bridgehead atoms. The number of rotatable bonds is 9. The highest BCUT2D eigenvalue weighted by Crippen LogP contribution is 2.25. The SMILES string of the molecule is CCCCCc1ccc(CCc2ccc(-c3ccc(CC)cc3)c(F)c2)cc1. The molecule has 0 N–H and O–H groups in total. The van der Waals surface area contributed by atoms with Crippen molar-refractivity contribution in [2.75, 3.05) is 0 Å². The summed E-state index contributed by atoms with van der Waals surface area (Å²) >= 11 is 0. The van der Waals surface area contributed by atoms with E-state index in [1.807, 2.05) is 18.2 Å². The molecule has 0 heterocycles. The Hall–Kier alpha value is -2.41. The van der Waals surface area contributed by atoms with Crippen LogP contribution in [0.2, 0.25) is 0 Å². The third-order valence-corrected chi connectivity index (χ3v) is 5.50. The molecule has 0 fully saturated rings. The monoisotopic (exact) mass is 374 g/mol. The van der Waals surface area contributed by atoms with Crippen molar-refractivity contribution in [1.82, 2.24) is 0 Å². The van der Waals surface area contributed by atoms with E-state index in [9.17, 15) is 4.39 Å². The molecule has 0 atom stereocenters. The van der Waals surface area contributed by atoms with Crippen molar-refractivity contribution >= 4 is 0 Å². The Labute approximate surface area is 169 Å². The Balaban J connectivity index is 1.59. The van der Waals surface area contributed by atoms with Crippen LogP contribution in [0.5, 0.6) is 0 Å². The second-order valence-electron chi connectivity index (χ2n) is 7.64. The summed E-state index contributed by atoms with van der Waals surface area (Å²) in [6, 6.07) is 22.8. The highest BCUT2D eigenvalue weighted by molar-refractivity contribution is 5.64. The van der Waals surface area contributed by atoms with Gasteiger partial charge in [-0.1, -0.05) is 87.4 Å². The Morgan fingerprint density at radius 3 is 1.79 bits per heavy atom. The summed E-state index contributed by atoms with van der Waals surface area (Å²) in [7, 11) is 0. The van der Waals surface area contributed by atoms with Crippen molar-refractivity contribution < 1.29 is 4.39 Å². The van der Waals surface area contributed by atoms with Crippen molar-refractivity contribution in [2.45, 2.75) is 58.8 Å². The quantitative estimate of drug-likeness (QED) is 0.339. The largest absolute Gasteiger partial charge is 0.206 e. The summed E-state index contributed by atoms with van der Waals surface area (Å²) in [5.74, 6) is -0.131. The topological polar surface area (TPSA) is 0 Å². The Kier molecular flexibility index (Phi) is 7.42. The molecule has 0 aliphatic carbocycles. The van der Waals surface area contributed by atoms with E-state index in [-0.39, 0.29) is 5.82 Å². The second-order valence-corrected chi connectivity index (χ2v) is 7.64. The van der Waals surface area contributed by atoms with E-state index in [0.717, 1.165) is 30.4 Å². The molecule has 0 nitrogen and oxygen atoms in total. The molecule has 146 valence electrons. The molecule has 1 heteroatoms. The molecule has 3 rings (SSSR count). The lowest BCUT2D eigenvalue weighted by Gasteiger charge is -2.08. The second kappa shape index (κ2) is 10.2. The molecular weight excluding hydrogens is 343 g/mol. The fourth-order valence-electron chi connectivity index (χ4n) is 3.61. The smallest absolute Gasteiger partial charge is 0.131 e. The Morgan fingerprint density at radius 2 is 1.18 bits per heavy atom. The van der Waals surface area contributed by atoms with Crippen LogP contribution in [0.15, 0.2) is 66.7 Å². The summed E-state index contributed by atoms with van der Waals surface area (Å²) < 4.78 is 14.6. The highest BCUT2D eigenvalue weighted by Gasteiger charge is 2.07. The first kappa shape index (κ1) is 20.3. The van der Waals surface area contributed by atoms with E-state index in [1.165, 1.54) is 42.4 Å². The van der Waals surface area contributed by atoms with E-state index in [1.54, 1.807) is 6.07 Å². The molecule has 0 aromatic heterocycles. The van der Waals surface area contributed by atoms with Gasteiger partial charge in [-0.3, -0.25) is 0 Å². The average molecular weight is 375 g/mol. The van der Waals surface area contributed by atoms with Gasteiger partial charge < -0.3 is 0 Å². The van der Waals surface area contributed by atoms with Gasteiger partial charge in [-0.15, -0.1) is 0 Å². The van der Waals surface area contributed by atoms with Crippen LogP contribution in [0.4, 0.5) is 4.39 Å². The summed E-state index contributed by atoms with van der Waals surface area (Å²) in [6.45, 7) is 4.37. The first-order chi connectivity index (χ1) is 13.7. The van der Waals surface area contributed by atoms with Gasteiger partial charge in [0.05, 0.1) is 0 Å². The summed E-state index contributed by atoms with van der Waals surface area (Å²) in [5, 5.41) is 0. The third-order valence-electron chi connectivity index (χ3n) is 5.50. The molecule has 0 amide bonds. The van der Waals surface area contributed by atoms with Crippen LogP contribution in [0.25, 0.3) is 11.1 Å². The predicted octanol–water partition coefficient (Wildman–Crippen LogP) is 7.57. The molecule has 3 aromatic rings. The lowest BCUT2D eigenvalue weighted by atomic mass is 9.98. The minimum atomic E-state index is -0.131. The maximum Gasteiger partial charge on any atom is 0.131 e. The number of hydrogen-bond donors (Lipinski definition) is 0. The summed E-state index contributed by atoms with van der Waals surface area (Å²) in [4.78, 5) is 0. The van der Waals surface area contributed by atoms with E-state index in [0.29, 0.717) is 5.56 Å². The number of unbranched alkanes of at least 4 members (excludes halogenated alkanes) is 2. The van der Waals surface area contributed by atoms with Gasteiger partial charge >= 0.3 is 0 Å². The van der Waals surface area contributed by atoms with Gasteiger partial charge in [-0.25, -0.2) is 4.39 Å². The minimum absolute atomic E-state index is 0.131. The molecule has 0 unspecified atom stereocenters. The maximum atomic E-state index is 14.6. The molecule has 28 heavy (non-hydrogen) atoms. The van der Waals surface area contributed by atoms with E-state index in [4.69, 9.17) is 0 Å². The number of aryl methyl sites for hydroxylation is 4. The van der Waals surface area contributed by atoms with Crippen LogP contribution in [-0.2, 0) is 25.7 Å². The van der Waals surface area contributed by atoms with Crippen LogP contribution in [0.1, 0.15) is 55.4 Å². The molecule has 0 aliphatic rings. The number of halogens is 1. The predicted molar refractivity (Wildman–Crippen MR) is 118 cm³/mol. The minimum Gasteiger partial charge on any atom is -0.206 e. The lowest BCUT2D eigenvalue weighted by molar-refractivity contribution is 0.628. The molecule has 0 saturated carbocycles. The van der Waals surface area contributed by atoms with Crippen LogP contribution in [0, 0.1) is 5.82 Å². The Morgan fingerprint density at radius 1 is 0.607 bits per heavy atom. The summed E-state index contributed by atoms with van der Waals surface area (Å²) in [5.41, 5.74) is 6.69. The van der Waals surface area contributed by atoms with Crippen LogP contribution < -0.4 is 0 Å². The molecule has 0 aliphatic heterocycles. The molecule has 0 spiro atoms. The van der Waals surface area contributed by atoms with Gasteiger partial charge in [0.15, 0.2) is 0 Å². The molecule has 0 radical (unpaired) electrons. The van der Waals surface area contributed by atoms with E-state index >= 15 is 0 Å². The first-order valence-corrected chi connectivity index (χ1v) is 10.6. The van der Waals surface area contributed by atoms with Gasteiger partial charge in [-0.05, 0) is 66.0 Å². The van der Waals surface area contributed by atoms with Crippen molar-refractivity contribution in [3.63, 3.8) is 0 Å². The van der Waals surface area contributed by atoms with Crippen LogP contribution in [0.3, 0.4) is 0 Å². The number of hydrogen-bond acceptors (Lipinski definition) is 0. The zero-order valence-corrected chi connectivity index (χ0v) is 17.2. The lowest BCUT2D eigenvalue weighted by Crippen LogP contribution is -1.95. The van der Waals surface area contributed by atoms with E-state index in [2.05, 4.69) is 56.3 Å². The van der Waals surface area contributed by atoms with E-state index < -0.39 is 0 Å². The molecule has 0 saturated heterocycles. The summed E-state index contributed by atoms with van der Waals surface area (Å²) in [6.07, 6.45) is 7.80. The highest BCUT2D eigenvalue weighted by atomic mass is 19.1. The Bertz CT molecular complexity index is 860. The van der Waals surface area contributed by atoms with Crippen LogP contribution >= 0.6 is 0 Å². The zero-order valence-electron chi connectivity index (χ0n) is 17.2. The van der Waals surface area contributed by atoms with Crippen molar-refractivity contribution in [1.29, 1.82) is 0 Å². The van der Waals surface area contributed by atoms with Gasteiger partial charge in [0.2, 0.25) is 0 Å². The van der Waals surface area contributed by atoms with Crippen LogP contribution in [-0.4, -0.2) is 0 Å². The number of benzene rings is 3. The van der Waals surface area contributed by atoms with Crippen molar-refractivity contribution in [3.05, 3.63) is 94.8 Å². The van der Waals surface area contributed by atoms with Gasteiger partial charge in [-0.2, -0.15) is 0 Å². The van der Waals surface area contributed by atoms with Gasteiger partial charge in [0, 0.05) is 5.56 Å². The van der Waals surface area contributed by atoms with Gasteiger partial charge in [0.25, 0.3) is 0 Å². The fraction of sp³-hybridized carbons (Fsp3) is 0.333. The molecular formula is C27H31F. The van der Waals surface area contributed by atoms with Crippen molar-refractivity contribution in [2.24, 2.45) is 0 Å². The van der Waals surface area contributed by atoms with Gasteiger partial charge in [0.1, 0.15) is 5.82 Å².